The minimum absolute atomic E-state index is 0.0188. The molecule has 0 radical (unpaired) electrons. The van der Waals surface area contributed by atoms with E-state index in [1.807, 2.05) is 0 Å². The number of hydrogen-bond donors (Lipinski definition) is 1. The summed E-state index contributed by atoms with van der Waals surface area (Å²) in [5.74, 6) is 0.155. The van der Waals surface area contributed by atoms with Crippen LogP contribution in [0.3, 0.4) is 0 Å². The van der Waals surface area contributed by atoms with Gasteiger partial charge in [-0.15, -0.1) is 0 Å². The van der Waals surface area contributed by atoms with E-state index in [0.717, 1.165) is 5.56 Å². The predicted molar refractivity (Wildman–Crippen MR) is 76.2 cm³/mol. The normalized spacial score (nSPS) is 10.5. The Bertz CT molecular complexity index is 799. The molecule has 0 saturated heterocycles. The van der Waals surface area contributed by atoms with Crippen LogP contribution in [0.15, 0.2) is 53.3 Å². The van der Waals surface area contributed by atoms with E-state index in [-0.39, 0.29) is 11.6 Å². The summed E-state index contributed by atoms with van der Waals surface area (Å²) in [5.41, 5.74) is 8.21. The zero-order valence-corrected chi connectivity index (χ0v) is 10.8. The van der Waals surface area contributed by atoms with Gasteiger partial charge in [-0.25, -0.2) is 0 Å². The Balaban J connectivity index is 2.17. The van der Waals surface area contributed by atoms with Crippen LogP contribution in [0.25, 0.3) is 22.4 Å². The Morgan fingerprint density at radius 3 is 2.62 bits per heavy atom. The third kappa shape index (κ3) is 2.32. The quantitative estimate of drug-likeness (QED) is 0.584. The number of nitro benzene ring substituents is 1. The van der Waals surface area contributed by atoms with Crippen LogP contribution in [0.5, 0.6) is 0 Å². The molecule has 21 heavy (non-hydrogen) atoms. The molecule has 3 rings (SSSR count). The van der Waals surface area contributed by atoms with Crippen molar-refractivity contribution in [2.24, 2.45) is 0 Å². The van der Waals surface area contributed by atoms with Gasteiger partial charge in [-0.1, -0.05) is 17.3 Å². The Kier molecular flexibility index (Phi) is 3.07. The summed E-state index contributed by atoms with van der Waals surface area (Å²) in [6.45, 7) is 0. The van der Waals surface area contributed by atoms with E-state index in [4.69, 9.17) is 10.3 Å². The van der Waals surface area contributed by atoms with Crippen LogP contribution in [0.2, 0.25) is 0 Å². The van der Waals surface area contributed by atoms with Crippen molar-refractivity contribution >= 4 is 11.6 Å². The van der Waals surface area contributed by atoms with Crippen LogP contribution in [0.1, 0.15) is 0 Å². The molecule has 0 saturated carbocycles. The molecule has 0 aliphatic rings. The Labute approximate surface area is 119 Å². The summed E-state index contributed by atoms with van der Waals surface area (Å²) in [5, 5.41) is 14.8. The molecular formula is C14H10N4O3. The molecule has 0 amide bonds. The number of pyridine rings is 1. The lowest BCUT2D eigenvalue weighted by atomic mass is 10.0. The van der Waals surface area contributed by atoms with Gasteiger partial charge in [-0.05, 0) is 17.7 Å². The second kappa shape index (κ2) is 5.04. The molecule has 0 unspecified atom stereocenters. The number of rotatable bonds is 3. The maximum atomic E-state index is 10.9. The van der Waals surface area contributed by atoms with E-state index in [1.165, 1.54) is 12.1 Å². The zero-order valence-electron chi connectivity index (χ0n) is 10.8. The number of anilines is 1. The largest absolute Gasteiger partial charge is 0.367 e. The van der Waals surface area contributed by atoms with Crippen LogP contribution in [0.4, 0.5) is 11.6 Å². The first kappa shape index (κ1) is 12.8. The van der Waals surface area contributed by atoms with Crippen LogP contribution < -0.4 is 5.73 Å². The maximum absolute atomic E-state index is 10.9. The van der Waals surface area contributed by atoms with Gasteiger partial charge in [0.1, 0.15) is 5.69 Å². The van der Waals surface area contributed by atoms with Crippen molar-refractivity contribution in [1.82, 2.24) is 10.1 Å². The highest BCUT2D eigenvalue weighted by Gasteiger charge is 2.19. The van der Waals surface area contributed by atoms with E-state index in [1.54, 1.807) is 36.7 Å². The second-order valence-corrected chi connectivity index (χ2v) is 4.31. The monoisotopic (exact) mass is 282 g/mol. The molecular weight excluding hydrogens is 272 g/mol. The minimum Gasteiger partial charge on any atom is -0.367 e. The fraction of sp³-hybridized carbons (Fsp3) is 0. The lowest BCUT2D eigenvalue weighted by Gasteiger charge is -2.02. The molecule has 3 aromatic rings. The molecule has 0 aliphatic heterocycles. The van der Waals surface area contributed by atoms with Gasteiger partial charge in [-0.2, -0.15) is 0 Å². The first-order chi connectivity index (χ1) is 10.2. The SMILES string of the molecule is Nc1onc(-c2cccc([N+](=O)[O-])c2)c1-c1ccncc1. The van der Waals surface area contributed by atoms with Crippen molar-refractivity contribution in [3.05, 3.63) is 58.9 Å². The van der Waals surface area contributed by atoms with Gasteiger partial charge in [0, 0.05) is 30.1 Å². The number of hydrogen-bond acceptors (Lipinski definition) is 6. The van der Waals surface area contributed by atoms with Gasteiger partial charge in [0.25, 0.3) is 5.69 Å². The molecule has 0 atom stereocenters. The molecule has 0 spiro atoms. The summed E-state index contributed by atoms with van der Waals surface area (Å²) in [6, 6.07) is 9.69. The molecule has 2 heterocycles. The van der Waals surface area contributed by atoms with Gasteiger partial charge >= 0.3 is 0 Å². The number of nitro groups is 1. The fourth-order valence-electron chi connectivity index (χ4n) is 2.06. The van der Waals surface area contributed by atoms with Crippen LogP contribution in [-0.2, 0) is 0 Å². The minimum atomic E-state index is -0.459. The topological polar surface area (TPSA) is 108 Å². The predicted octanol–water partition coefficient (Wildman–Crippen LogP) is 2.89. The summed E-state index contributed by atoms with van der Waals surface area (Å²) >= 11 is 0. The number of nitrogen functional groups attached to an aromatic ring is 1. The average Bonchev–Trinajstić information content (AvgIpc) is 2.90. The lowest BCUT2D eigenvalue weighted by molar-refractivity contribution is -0.384. The van der Waals surface area contributed by atoms with Crippen LogP contribution >= 0.6 is 0 Å². The van der Waals surface area contributed by atoms with Crippen molar-refractivity contribution in [3.8, 4) is 22.4 Å². The molecule has 104 valence electrons. The third-order valence-corrected chi connectivity index (χ3v) is 3.02. The van der Waals surface area contributed by atoms with E-state index in [0.29, 0.717) is 16.8 Å². The van der Waals surface area contributed by atoms with Gasteiger partial charge in [0.2, 0.25) is 5.88 Å². The van der Waals surface area contributed by atoms with Gasteiger partial charge in [0.05, 0.1) is 10.5 Å². The summed E-state index contributed by atoms with van der Waals surface area (Å²) < 4.78 is 5.04. The molecule has 2 aromatic heterocycles. The maximum Gasteiger partial charge on any atom is 0.270 e. The van der Waals surface area contributed by atoms with E-state index >= 15 is 0 Å². The zero-order chi connectivity index (χ0) is 14.8. The second-order valence-electron chi connectivity index (χ2n) is 4.31. The lowest BCUT2D eigenvalue weighted by Crippen LogP contribution is -1.90. The van der Waals surface area contributed by atoms with E-state index in [2.05, 4.69) is 10.1 Å². The molecule has 7 heteroatoms. The van der Waals surface area contributed by atoms with E-state index in [9.17, 15) is 10.1 Å². The Morgan fingerprint density at radius 1 is 1.14 bits per heavy atom. The van der Waals surface area contributed by atoms with Crippen molar-refractivity contribution < 1.29 is 9.45 Å². The molecule has 1 aromatic carbocycles. The fourth-order valence-corrected chi connectivity index (χ4v) is 2.06. The van der Waals surface area contributed by atoms with Crippen LogP contribution in [-0.4, -0.2) is 15.1 Å². The highest BCUT2D eigenvalue weighted by atomic mass is 16.6. The summed E-state index contributed by atoms with van der Waals surface area (Å²) in [6.07, 6.45) is 3.25. The van der Waals surface area contributed by atoms with Gasteiger partial charge < -0.3 is 10.3 Å². The number of nitrogens with two attached hydrogens (primary N) is 1. The van der Waals surface area contributed by atoms with Crippen molar-refractivity contribution in [2.45, 2.75) is 0 Å². The van der Waals surface area contributed by atoms with Crippen molar-refractivity contribution in [3.63, 3.8) is 0 Å². The third-order valence-electron chi connectivity index (χ3n) is 3.02. The number of non-ortho nitro benzene ring substituents is 1. The number of nitrogens with zero attached hydrogens (tertiary/aromatic N) is 3. The Morgan fingerprint density at radius 2 is 1.90 bits per heavy atom. The first-order valence-corrected chi connectivity index (χ1v) is 6.07. The summed E-state index contributed by atoms with van der Waals surface area (Å²) in [7, 11) is 0. The Hall–Kier alpha value is -3.22. The van der Waals surface area contributed by atoms with Crippen molar-refractivity contribution in [2.75, 3.05) is 5.73 Å². The van der Waals surface area contributed by atoms with Gasteiger partial charge in [0.15, 0.2) is 0 Å². The highest BCUT2D eigenvalue weighted by molar-refractivity contribution is 5.87. The molecule has 0 bridgehead atoms. The molecule has 2 N–H and O–H groups in total. The highest BCUT2D eigenvalue weighted by Crippen LogP contribution is 2.36. The van der Waals surface area contributed by atoms with Crippen LogP contribution in [0, 0.1) is 10.1 Å². The number of aromatic nitrogens is 2. The smallest absolute Gasteiger partial charge is 0.270 e. The standard InChI is InChI=1S/C14H10N4O3/c15-14-12(9-4-6-16-7-5-9)13(17-21-14)10-2-1-3-11(8-10)18(19)20/h1-8H,15H2. The van der Waals surface area contributed by atoms with E-state index < -0.39 is 4.92 Å². The molecule has 0 aliphatic carbocycles. The first-order valence-electron chi connectivity index (χ1n) is 6.07. The summed E-state index contributed by atoms with van der Waals surface area (Å²) in [4.78, 5) is 14.4. The average molecular weight is 282 g/mol. The molecule has 7 nitrogen and oxygen atoms in total. The van der Waals surface area contributed by atoms with Gasteiger partial charge in [-0.3, -0.25) is 15.1 Å². The van der Waals surface area contributed by atoms with Crippen molar-refractivity contribution in [1.29, 1.82) is 0 Å². The molecule has 0 fully saturated rings. The number of benzene rings is 1.